The van der Waals surface area contributed by atoms with Gasteiger partial charge in [0.15, 0.2) is 5.82 Å². The third-order valence-electron chi connectivity index (χ3n) is 5.10. The summed E-state index contributed by atoms with van der Waals surface area (Å²) in [6.07, 6.45) is 0.933. The number of hydrogen-bond acceptors (Lipinski definition) is 5. The van der Waals surface area contributed by atoms with Crippen molar-refractivity contribution < 1.29 is 14.3 Å². The van der Waals surface area contributed by atoms with Crippen molar-refractivity contribution in [1.29, 1.82) is 0 Å². The minimum absolute atomic E-state index is 0.0954. The number of fused-ring (bicyclic) bond motifs is 1. The van der Waals surface area contributed by atoms with Crippen LogP contribution < -0.4 is 14.8 Å². The highest BCUT2D eigenvalue weighted by molar-refractivity contribution is 5.90. The molecule has 2 aromatic carbocycles. The Morgan fingerprint density at radius 1 is 1.03 bits per heavy atom. The summed E-state index contributed by atoms with van der Waals surface area (Å²) < 4.78 is 12.5. The van der Waals surface area contributed by atoms with E-state index in [4.69, 9.17) is 14.5 Å². The number of nitrogens with one attached hydrogen (secondary N) is 1. The second-order valence-corrected chi connectivity index (χ2v) is 7.57. The second-order valence-electron chi connectivity index (χ2n) is 7.57. The predicted molar refractivity (Wildman–Crippen MR) is 125 cm³/mol. The van der Waals surface area contributed by atoms with Gasteiger partial charge in [0.05, 0.1) is 24.9 Å². The average Bonchev–Trinajstić information content (AvgIpc) is 3.17. The molecule has 0 aliphatic rings. The van der Waals surface area contributed by atoms with Gasteiger partial charge in [0.25, 0.3) is 0 Å². The summed E-state index contributed by atoms with van der Waals surface area (Å²) in [5, 5.41) is 8.60. The fourth-order valence-corrected chi connectivity index (χ4v) is 3.50. The first-order valence-corrected chi connectivity index (χ1v) is 10.5. The van der Waals surface area contributed by atoms with Gasteiger partial charge in [0.2, 0.25) is 5.91 Å². The Hall–Kier alpha value is -3.87. The van der Waals surface area contributed by atoms with E-state index in [1.54, 1.807) is 11.8 Å². The van der Waals surface area contributed by atoms with E-state index in [2.05, 4.69) is 10.4 Å². The summed E-state index contributed by atoms with van der Waals surface area (Å²) in [5.74, 6) is 2.71. The molecule has 0 aliphatic carbocycles. The van der Waals surface area contributed by atoms with Crippen LogP contribution in [0.4, 0.5) is 5.82 Å². The largest absolute Gasteiger partial charge is 0.497 e. The van der Waals surface area contributed by atoms with E-state index in [0.29, 0.717) is 31.1 Å². The summed E-state index contributed by atoms with van der Waals surface area (Å²) in [7, 11) is 1.62. The van der Waals surface area contributed by atoms with Crippen LogP contribution in [0.5, 0.6) is 11.5 Å². The normalized spacial score (nSPS) is 10.8. The number of anilines is 1. The number of methoxy groups -OCH3 is 1. The highest BCUT2D eigenvalue weighted by Crippen LogP contribution is 2.22. The summed E-state index contributed by atoms with van der Waals surface area (Å²) in [6, 6.07) is 19.2. The van der Waals surface area contributed by atoms with Gasteiger partial charge in [0, 0.05) is 17.9 Å². The quantitative estimate of drug-likeness (QED) is 0.405. The van der Waals surface area contributed by atoms with Crippen molar-refractivity contribution in [2.75, 3.05) is 19.0 Å². The number of rotatable bonds is 8. The van der Waals surface area contributed by atoms with Gasteiger partial charge in [-0.15, -0.1) is 0 Å². The van der Waals surface area contributed by atoms with Gasteiger partial charge >= 0.3 is 0 Å². The Kier molecular flexibility index (Phi) is 6.35. The molecule has 2 aromatic heterocycles. The van der Waals surface area contributed by atoms with E-state index < -0.39 is 0 Å². The van der Waals surface area contributed by atoms with Crippen molar-refractivity contribution in [3.63, 3.8) is 0 Å². The molecule has 0 spiro atoms. The molecule has 32 heavy (non-hydrogen) atoms. The average molecular weight is 431 g/mol. The summed E-state index contributed by atoms with van der Waals surface area (Å²) in [6.45, 7) is 4.39. The lowest BCUT2D eigenvalue weighted by Gasteiger charge is -2.11. The number of pyridine rings is 1. The van der Waals surface area contributed by atoms with E-state index in [9.17, 15) is 4.79 Å². The highest BCUT2D eigenvalue weighted by Gasteiger charge is 2.13. The molecular weight excluding hydrogens is 404 g/mol. The molecule has 4 aromatic rings. The van der Waals surface area contributed by atoms with Crippen LogP contribution in [0.15, 0.2) is 60.7 Å². The number of aromatic nitrogens is 3. The van der Waals surface area contributed by atoms with Crippen LogP contribution in [0.2, 0.25) is 0 Å². The molecule has 0 radical (unpaired) electrons. The van der Waals surface area contributed by atoms with Crippen molar-refractivity contribution in [3.8, 4) is 17.3 Å². The molecule has 7 nitrogen and oxygen atoms in total. The lowest BCUT2D eigenvalue weighted by Crippen LogP contribution is -2.16. The van der Waals surface area contributed by atoms with Gasteiger partial charge in [-0.1, -0.05) is 18.2 Å². The van der Waals surface area contributed by atoms with Crippen LogP contribution >= 0.6 is 0 Å². The van der Waals surface area contributed by atoms with E-state index in [0.717, 1.165) is 33.7 Å². The number of ether oxygens (including phenoxy) is 2. The minimum atomic E-state index is -0.0954. The van der Waals surface area contributed by atoms with Crippen LogP contribution in [0.3, 0.4) is 0 Å². The van der Waals surface area contributed by atoms with Crippen LogP contribution in [0.25, 0.3) is 16.7 Å². The molecule has 0 aliphatic heterocycles. The summed E-state index contributed by atoms with van der Waals surface area (Å²) in [5.41, 5.74) is 2.80. The zero-order valence-electron chi connectivity index (χ0n) is 18.5. The number of aryl methyl sites for hydroxylation is 2. The third kappa shape index (κ3) is 4.88. The standard InChI is InChI=1S/C25H26N4O3/c1-17-15-23(26-22-8-5-4-7-21(17)22)29-24(16-18(2)28-29)27-25(30)9-6-14-32-20-12-10-19(31-3)11-13-20/h4-5,7-8,10-13,15-16H,6,9,14H2,1-3H3,(H,27,30). The number of nitrogens with zero attached hydrogens (tertiary/aromatic N) is 3. The number of carbonyl (C=O) groups is 1. The Balaban J connectivity index is 1.39. The van der Waals surface area contributed by atoms with Crippen molar-refractivity contribution in [2.24, 2.45) is 0 Å². The van der Waals surface area contributed by atoms with Crippen LogP contribution in [-0.2, 0) is 4.79 Å². The molecule has 1 N–H and O–H groups in total. The van der Waals surface area contributed by atoms with Gasteiger partial charge in [-0.05, 0) is 62.2 Å². The molecular formula is C25H26N4O3. The first kappa shape index (κ1) is 21.4. The van der Waals surface area contributed by atoms with E-state index in [1.165, 1.54) is 0 Å². The highest BCUT2D eigenvalue weighted by atomic mass is 16.5. The number of hydrogen-bond donors (Lipinski definition) is 1. The lowest BCUT2D eigenvalue weighted by atomic mass is 10.1. The van der Waals surface area contributed by atoms with Crippen LogP contribution in [0, 0.1) is 13.8 Å². The summed E-state index contributed by atoms with van der Waals surface area (Å²) in [4.78, 5) is 17.3. The van der Waals surface area contributed by atoms with Crippen molar-refractivity contribution in [1.82, 2.24) is 14.8 Å². The monoisotopic (exact) mass is 430 g/mol. The van der Waals surface area contributed by atoms with E-state index >= 15 is 0 Å². The maximum atomic E-state index is 12.5. The van der Waals surface area contributed by atoms with Crippen molar-refractivity contribution >= 4 is 22.6 Å². The van der Waals surface area contributed by atoms with Crippen molar-refractivity contribution in [3.05, 3.63) is 71.9 Å². The molecule has 164 valence electrons. The first-order valence-electron chi connectivity index (χ1n) is 10.5. The molecule has 4 rings (SSSR count). The predicted octanol–water partition coefficient (Wildman–Crippen LogP) is 4.84. The Morgan fingerprint density at radius 3 is 2.56 bits per heavy atom. The molecule has 0 saturated heterocycles. The Morgan fingerprint density at radius 2 is 1.78 bits per heavy atom. The van der Waals surface area contributed by atoms with Gasteiger partial charge in [-0.2, -0.15) is 9.78 Å². The number of benzene rings is 2. The van der Waals surface area contributed by atoms with Gasteiger partial charge in [0.1, 0.15) is 17.3 Å². The fraction of sp³-hybridized carbons (Fsp3) is 0.240. The molecule has 2 heterocycles. The number of para-hydroxylation sites is 1. The second kappa shape index (κ2) is 9.51. The van der Waals surface area contributed by atoms with Crippen LogP contribution in [-0.4, -0.2) is 34.4 Å². The zero-order valence-corrected chi connectivity index (χ0v) is 18.5. The molecule has 0 saturated carbocycles. The smallest absolute Gasteiger partial charge is 0.225 e. The van der Waals surface area contributed by atoms with E-state index in [-0.39, 0.29) is 5.91 Å². The third-order valence-corrected chi connectivity index (χ3v) is 5.10. The first-order chi connectivity index (χ1) is 15.5. The molecule has 7 heteroatoms. The Labute approximate surface area is 187 Å². The lowest BCUT2D eigenvalue weighted by molar-refractivity contribution is -0.116. The van der Waals surface area contributed by atoms with E-state index in [1.807, 2.05) is 74.5 Å². The molecule has 1 amide bonds. The zero-order chi connectivity index (χ0) is 22.5. The SMILES string of the molecule is COc1ccc(OCCCC(=O)Nc2cc(C)nn2-c2cc(C)c3ccccc3n2)cc1. The van der Waals surface area contributed by atoms with Gasteiger partial charge in [-0.25, -0.2) is 4.98 Å². The molecule has 0 fully saturated rings. The molecule has 0 atom stereocenters. The van der Waals surface area contributed by atoms with Gasteiger partial charge in [-0.3, -0.25) is 4.79 Å². The molecule has 0 unspecified atom stereocenters. The fourth-order valence-electron chi connectivity index (χ4n) is 3.50. The number of carbonyl (C=O) groups excluding carboxylic acids is 1. The Bertz CT molecular complexity index is 1230. The topological polar surface area (TPSA) is 78.3 Å². The molecule has 0 bridgehead atoms. The maximum absolute atomic E-state index is 12.5. The number of amides is 1. The van der Waals surface area contributed by atoms with Crippen molar-refractivity contribution in [2.45, 2.75) is 26.7 Å². The minimum Gasteiger partial charge on any atom is -0.497 e. The van der Waals surface area contributed by atoms with Gasteiger partial charge < -0.3 is 14.8 Å². The van der Waals surface area contributed by atoms with Crippen LogP contribution in [0.1, 0.15) is 24.1 Å². The maximum Gasteiger partial charge on any atom is 0.225 e. The summed E-state index contributed by atoms with van der Waals surface area (Å²) >= 11 is 0.